The Balaban J connectivity index is 1.65. The van der Waals surface area contributed by atoms with E-state index in [2.05, 4.69) is 27.2 Å². The third-order valence-electron chi connectivity index (χ3n) is 4.26. The zero-order chi connectivity index (χ0) is 16.9. The van der Waals surface area contributed by atoms with E-state index >= 15 is 0 Å². The highest BCUT2D eigenvalue weighted by Crippen LogP contribution is 2.24. The van der Waals surface area contributed by atoms with Crippen LogP contribution >= 0.6 is 0 Å². The lowest BCUT2D eigenvalue weighted by atomic mass is 10.2. The second kappa shape index (κ2) is 7.63. The summed E-state index contributed by atoms with van der Waals surface area (Å²) in [5.74, 6) is 1.83. The van der Waals surface area contributed by atoms with Gasteiger partial charge >= 0.3 is 0 Å². The van der Waals surface area contributed by atoms with Crippen LogP contribution < -0.4 is 15.0 Å². The maximum absolute atomic E-state index is 5.46. The third kappa shape index (κ3) is 3.68. The Morgan fingerprint density at radius 3 is 2.71 bits per heavy atom. The molecule has 3 heterocycles. The highest BCUT2D eigenvalue weighted by atomic mass is 16.5. The third-order valence-corrected chi connectivity index (χ3v) is 4.26. The molecule has 1 N–H and O–H groups in total. The highest BCUT2D eigenvalue weighted by molar-refractivity contribution is 5.50. The van der Waals surface area contributed by atoms with Crippen LogP contribution in [0, 0.1) is 6.92 Å². The van der Waals surface area contributed by atoms with Gasteiger partial charge in [0.2, 0.25) is 5.88 Å². The van der Waals surface area contributed by atoms with E-state index < -0.39 is 0 Å². The average Bonchev–Trinajstić information content (AvgIpc) is 2.90. The van der Waals surface area contributed by atoms with Crippen LogP contribution in [-0.2, 0) is 24.9 Å². The fourth-order valence-electron chi connectivity index (χ4n) is 3.04. The van der Waals surface area contributed by atoms with Crippen molar-refractivity contribution in [2.45, 2.75) is 20.0 Å². The fourth-order valence-corrected chi connectivity index (χ4v) is 3.04. The predicted octanol–water partition coefficient (Wildman–Crippen LogP) is 1.26. The Kier molecular flexibility index (Phi) is 5.32. The molecule has 2 aromatic heterocycles. The number of methoxy groups -OCH3 is 1. The van der Waals surface area contributed by atoms with Crippen LogP contribution in [0.3, 0.4) is 0 Å². The molecule has 0 saturated carbocycles. The molecule has 0 bridgehead atoms. The number of nitrogens with one attached hydrogen (secondary N) is 1. The first-order chi connectivity index (χ1) is 11.7. The van der Waals surface area contributed by atoms with Gasteiger partial charge in [0.05, 0.1) is 26.0 Å². The highest BCUT2D eigenvalue weighted by Gasteiger charge is 2.20. The average molecular weight is 331 g/mol. The minimum Gasteiger partial charge on any atom is -0.481 e. The van der Waals surface area contributed by atoms with Crippen LogP contribution in [0.25, 0.3) is 0 Å². The van der Waals surface area contributed by atoms with Crippen molar-refractivity contribution in [1.29, 1.82) is 0 Å². The molecule has 0 unspecified atom stereocenters. The number of rotatable bonds is 6. The molecule has 1 fully saturated rings. The van der Waals surface area contributed by atoms with E-state index in [9.17, 15) is 0 Å². The van der Waals surface area contributed by atoms with E-state index in [4.69, 9.17) is 9.47 Å². The van der Waals surface area contributed by atoms with E-state index in [1.165, 1.54) is 11.4 Å². The van der Waals surface area contributed by atoms with Crippen molar-refractivity contribution in [3.05, 3.63) is 35.2 Å². The zero-order valence-electron chi connectivity index (χ0n) is 14.6. The smallest absolute Gasteiger partial charge is 0.212 e. The zero-order valence-corrected chi connectivity index (χ0v) is 14.6. The Hall–Kier alpha value is -2.12. The Morgan fingerprint density at radius 2 is 2.04 bits per heavy atom. The summed E-state index contributed by atoms with van der Waals surface area (Å²) in [7, 11) is 3.63. The number of hydrogen-bond donors (Lipinski definition) is 1. The van der Waals surface area contributed by atoms with Crippen molar-refractivity contribution in [3.8, 4) is 5.88 Å². The van der Waals surface area contributed by atoms with Gasteiger partial charge < -0.3 is 19.7 Å². The SMILES string of the molecule is COc1ccc(CNCc2c(C)nn(C)c2N2CCOCC2)cn1. The van der Waals surface area contributed by atoms with Gasteiger partial charge in [-0.1, -0.05) is 6.07 Å². The molecule has 1 saturated heterocycles. The van der Waals surface area contributed by atoms with E-state index in [1.54, 1.807) is 7.11 Å². The second-order valence-electron chi connectivity index (χ2n) is 5.92. The number of hydrogen-bond acceptors (Lipinski definition) is 6. The summed E-state index contributed by atoms with van der Waals surface area (Å²) in [6, 6.07) is 3.91. The lowest BCUT2D eigenvalue weighted by Crippen LogP contribution is -2.38. The van der Waals surface area contributed by atoms with E-state index in [0.29, 0.717) is 5.88 Å². The predicted molar refractivity (Wildman–Crippen MR) is 92.3 cm³/mol. The van der Waals surface area contributed by atoms with Gasteiger partial charge in [0.25, 0.3) is 0 Å². The van der Waals surface area contributed by atoms with Crippen LogP contribution in [0.2, 0.25) is 0 Å². The van der Waals surface area contributed by atoms with Crippen molar-refractivity contribution >= 4 is 5.82 Å². The molecule has 130 valence electrons. The minimum atomic E-state index is 0.636. The van der Waals surface area contributed by atoms with Crippen molar-refractivity contribution in [3.63, 3.8) is 0 Å². The van der Waals surface area contributed by atoms with E-state index in [-0.39, 0.29) is 0 Å². The van der Waals surface area contributed by atoms with Crippen molar-refractivity contribution in [2.24, 2.45) is 7.05 Å². The minimum absolute atomic E-state index is 0.636. The first-order valence-corrected chi connectivity index (χ1v) is 8.24. The lowest BCUT2D eigenvalue weighted by molar-refractivity contribution is 0.122. The number of pyridine rings is 1. The molecule has 0 aromatic carbocycles. The second-order valence-corrected chi connectivity index (χ2v) is 5.92. The molecule has 3 rings (SSSR count). The van der Waals surface area contributed by atoms with Gasteiger partial charge in [-0.3, -0.25) is 4.68 Å². The van der Waals surface area contributed by atoms with Crippen LogP contribution in [-0.4, -0.2) is 48.2 Å². The van der Waals surface area contributed by atoms with Crippen LogP contribution in [0.1, 0.15) is 16.8 Å². The van der Waals surface area contributed by atoms with Crippen LogP contribution in [0.15, 0.2) is 18.3 Å². The molecule has 0 spiro atoms. The van der Waals surface area contributed by atoms with Gasteiger partial charge in [-0.25, -0.2) is 4.98 Å². The van der Waals surface area contributed by atoms with Gasteiger partial charge in [0.15, 0.2) is 0 Å². The number of anilines is 1. The largest absolute Gasteiger partial charge is 0.481 e. The van der Waals surface area contributed by atoms with Crippen molar-refractivity contribution in [1.82, 2.24) is 20.1 Å². The quantitative estimate of drug-likeness (QED) is 0.860. The fraction of sp³-hybridized carbons (Fsp3) is 0.529. The first-order valence-electron chi connectivity index (χ1n) is 8.24. The summed E-state index contributed by atoms with van der Waals surface area (Å²) in [5.41, 5.74) is 3.45. The van der Waals surface area contributed by atoms with Gasteiger partial charge in [-0.2, -0.15) is 5.10 Å². The maximum Gasteiger partial charge on any atom is 0.212 e. The molecule has 1 aliphatic heterocycles. The Bertz CT molecular complexity index is 662. The summed E-state index contributed by atoms with van der Waals surface area (Å²) in [4.78, 5) is 6.59. The van der Waals surface area contributed by atoms with Gasteiger partial charge in [-0.15, -0.1) is 0 Å². The van der Waals surface area contributed by atoms with Crippen LogP contribution in [0.5, 0.6) is 5.88 Å². The summed E-state index contributed by atoms with van der Waals surface area (Å²) >= 11 is 0. The molecule has 7 heteroatoms. The number of ether oxygens (including phenoxy) is 2. The molecule has 0 radical (unpaired) electrons. The Labute approximate surface area is 142 Å². The van der Waals surface area contributed by atoms with Gasteiger partial charge in [-0.05, 0) is 12.5 Å². The lowest BCUT2D eigenvalue weighted by Gasteiger charge is -2.29. The number of aromatic nitrogens is 3. The topological polar surface area (TPSA) is 64.4 Å². The molecular weight excluding hydrogens is 306 g/mol. The monoisotopic (exact) mass is 331 g/mol. The molecule has 0 aliphatic carbocycles. The summed E-state index contributed by atoms with van der Waals surface area (Å²) in [6.45, 7) is 6.97. The molecule has 7 nitrogen and oxygen atoms in total. The van der Waals surface area contributed by atoms with E-state index in [1.807, 2.05) is 30.1 Å². The number of nitrogens with zero attached hydrogens (tertiary/aromatic N) is 4. The molecule has 0 amide bonds. The molecular formula is C17H25N5O2. The van der Waals surface area contributed by atoms with Crippen LogP contribution in [0.4, 0.5) is 5.82 Å². The number of aryl methyl sites for hydroxylation is 2. The maximum atomic E-state index is 5.46. The number of morpholine rings is 1. The van der Waals surface area contributed by atoms with E-state index in [0.717, 1.165) is 50.7 Å². The van der Waals surface area contributed by atoms with Crippen molar-refractivity contribution < 1.29 is 9.47 Å². The first kappa shape index (κ1) is 16.7. The molecule has 24 heavy (non-hydrogen) atoms. The molecule has 0 atom stereocenters. The standard InChI is InChI=1S/C17H25N5O2/c1-13-15(12-18-10-14-4-5-16(23-3)19-11-14)17(21(2)20-13)22-6-8-24-9-7-22/h4-5,11,18H,6-10,12H2,1-3H3. The van der Waals surface area contributed by atoms with Gasteiger partial charge in [0.1, 0.15) is 5.82 Å². The van der Waals surface area contributed by atoms with Crippen molar-refractivity contribution in [2.75, 3.05) is 38.3 Å². The summed E-state index contributed by atoms with van der Waals surface area (Å²) in [5, 5.41) is 8.10. The molecule has 1 aliphatic rings. The normalized spacial score (nSPS) is 14.9. The van der Waals surface area contributed by atoms with Gasteiger partial charge in [0, 0.05) is 51.1 Å². The summed E-state index contributed by atoms with van der Waals surface area (Å²) in [6.07, 6.45) is 1.84. The Morgan fingerprint density at radius 1 is 1.25 bits per heavy atom. The molecule has 2 aromatic rings. The summed E-state index contributed by atoms with van der Waals surface area (Å²) < 4.78 is 12.5.